The summed E-state index contributed by atoms with van der Waals surface area (Å²) < 4.78 is 207. The molecule has 0 N–H and O–H groups in total. The van der Waals surface area contributed by atoms with Crippen LogP contribution in [0, 0.1) is 13.8 Å². The number of piperidine rings is 5. The topological polar surface area (TPSA) is 256 Å². The minimum absolute atomic E-state index is 0.198. The van der Waals surface area contributed by atoms with Gasteiger partial charge in [-0.25, -0.2) is 47.5 Å². The molecule has 0 unspecified atom stereocenters. The third-order valence-electron chi connectivity index (χ3n) is 27.8. The summed E-state index contributed by atoms with van der Waals surface area (Å²) in [7, 11) is 0. The quantitative estimate of drug-likeness (QED) is 0.103. The molecule has 1 aliphatic carbocycles. The Morgan fingerprint density at radius 2 is 0.503 bits per heavy atom. The largest absolute Gasteiger partial charge is 0.416 e. The Bertz CT molecular complexity index is 7000. The molecule has 756 valence electrons. The number of nitrogens with zero attached hydrogens (tertiary/aromatic N) is 21. The van der Waals surface area contributed by atoms with E-state index < -0.39 is 58.7 Å². The van der Waals surface area contributed by atoms with Gasteiger partial charge in [0.15, 0.2) is 28.2 Å². The lowest BCUT2D eigenvalue weighted by atomic mass is 9.86. The van der Waals surface area contributed by atoms with Gasteiger partial charge in [-0.1, -0.05) is 91.0 Å². The van der Waals surface area contributed by atoms with Crippen LogP contribution in [-0.2, 0) is 30.9 Å². The SMILES string of the molecule is Cc1ccc2nc(C(=O)N3CCC(c4ccccc4C(F)(F)F)CC3)cn2n1.Cc1ccc2nc(C(=O)N3CCC(c4ccccc4C(F)(F)F)CC3)cn2n1.O=C(c1cn2nc(C3CC3)ccc2n1)N1CCC(c2ccccc2C(F)(F)F)CC1.O=C(c1cn2nc(N3CCCC3)ccc2n1)N1CCC(c2ccccc2C(F)(F)F)CC1.O=C(c1cn2ncccc2n1)N1CCC(c2ccccc2C(F)(F)F)CC1. The monoisotopic (exact) mass is 2010 g/mol. The summed E-state index contributed by atoms with van der Waals surface area (Å²) in [5, 5.41) is 21.8. The number of amides is 5. The predicted octanol–water partition coefficient (Wildman–Crippen LogP) is 20.9. The van der Waals surface area contributed by atoms with Crippen molar-refractivity contribution < 1.29 is 89.8 Å². The number of carbonyl (C=O) groups is 5. The third kappa shape index (κ3) is 23.1. The molecule has 22 rings (SSSR count). The molecule has 6 saturated heterocycles. The molecule has 15 aromatic rings. The van der Waals surface area contributed by atoms with Crippen molar-refractivity contribution in [2.45, 2.75) is 170 Å². The zero-order valence-corrected chi connectivity index (χ0v) is 78.7. The van der Waals surface area contributed by atoms with Gasteiger partial charge in [0.1, 0.15) is 34.3 Å². The maximum absolute atomic E-state index is 13.4. The minimum atomic E-state index is -4.37. The van der Waals surface area contributed by atoms with Gasteiger partial charge in [0.05, 0.1) is 75.9 Å². The molecule has 1 saturated carbocycles. The summed E-state index contributed by atoms with van der Waals surface area (Å²) in [5.74, 6) is -0.756. The molecule has 0 atom stereocenters. The summed E-state index contributed by atoms with van der Waals surface area (Å²) >= 11 is 0. The lowest BCUT2D eigenvalue weighted by molar-refractivity contribution is -0.139. The van der Waals surface area contributed by atoms with Crippen molar-refractivity contribution >= 4 is 63.6 Å². The lowest BCUT2D eigenvalue weighted by Gasteiger charge is -2.32. The van der Waals surface area contributed by atoms with Crippen LogP contribution in [0.15, 0.2) is 219 Å². The van der Waals surface area contributed by atoms with Crippen LogP contribution in [0.3, 0.4) is 0 Å². The van der Waals surface area contributed by atoms with E-state index in [1.807, 2.05) is 50.2 Å². The van der Waals surface area contributed by atoms with Crippen LogP contribution in [0.2, 0.25) is 0 Å². The first-order valence-corrected chi connectivity index (χ1v) is 48.1. The average molecular weight is 2010 g/mol. The maximum Gasteiger partial charge on any atom is 0.416 e. The number of fused-ring (bicyclic) bond motifs is 5. The second-order valence-electron chi connectivity index (χ2n) is 37.3. The first-order valence-electron chi connectivity index (χ1n) is 48.1. The van der Waals surface area contributed by atoms with Gasteiger partial charge in [-0.2, -0.15) is 86.3 Å². The number of rotatable bonds is 12. The summed E-state index contributed by atoms with van der Waals surface area (Å²) in [6, 6.07) is 46.9. The highest BCUT2D eigenvalue weighted by Crippen LogP contribution is 2.46. The summed E-state index contributed by atoms with van der Waals surface area (Å²) in [5.41, 5.74) is 5.82. The zero-order chi connectivity index (χ0) is 102. The fourth-order valence-electron chi connectivity index (χ4n) is 20.1. The van der Waals surface area contributed by atoms with Gasteiger partial charge >= 0.3 is 30.9 Å². The number of anilines is 1. The highest BCUT2D eigenvalue weighted by molar-refractivity contribution is 5.95. The van der Waals surface area contributed by atoms with Crippen LogP contribution in [0.1, 0.15) is 251 Å². The Morgan fingerprint density at radius 3 is 0.779 bits per heavy atom. The lowest BCUT2D eigenvalue weighted by Crippen LogP contribution is -2.38. The first kappa shape index (κ1) is 100. The molecule has 26 nitrogen and oxygen atoms in total. The maximum atomic E-state index is 13.4. The molecule has 10 aromatic heterocycles. The van der Waals surface area contributed by atoms with Gasteiger partial charge in [-0.05, 0) is 252 Å². The average Bonchev–Trinajstić information content (AvgIpc) is 1.57. The number of alkyl halides is 15. The van der Waals surface area contributed by atoms with Crippen molar-refractivity contribution in [3.63, 3.8) is 0 Å². The molecule has 6 aliphatic heterocycles. The number of hydrogen-bond donors (Lipinski definition) is 0. The number of aromatic nitrogens is 15. The van der Waals surface area contributed by atoms with Crippen molar-refractivity contribution in [1.29, 1.82) is 0 Å². The Hall–Kier alpha value is -14.7. The van der Waals surface area contributed by atoms with E-state index in [1.165, 1.54) is 34.8 Å². The van der Waals surface area contributed by atoms with E-state index in [-0.39, 0.29) is 59.1 Å². The van der Waals surface area contributed by atoms with Gasteiger partial charge in [-0.15, -0.1) is 5.10 Å². The fourth-order valence-corrected chi connectivity index (χ4v) is 20.1. The Morgan fingerprint density at radius 1 is 0.255 bits per heavy atom. The summed E-state index contributed by atoms with van der Waals surface area (Å²) in [4.78, 5) is 96.4. The molecule has 5 amide bonds. The Labute approximate surface area is 820 Å². The second-order valence-corrected chi connectivity index (χ2v) is 37.3. The minimum Gasteiger partial charge on any atom is -0.355 e. The molecule has 0 radical (unpaired) electrons. The van der Waals surface area contributed by atoms with Crippen molar-refractivity contribution in [1.82, 2.24) is 97.5 Å². The van der Waals surface area contributed by atoms with E-state index >= 15 is 0 Å². The second kappa shape index (κ2) is 41.9. The zero-order valence-electron chi connectivity index (χ0n) is 78.7. The first-order chi connectivity index (χ1) is 69.4. The normalized spacial score (nSPS) is 16.9. The van der Waals surface area contributed by atoms with Gasteiger partial charge in [0.25, 0.3) is 29.5 Å². The number of aryl methyl sites for hydroxylation is 2. The van der Waals surface area contributed by atoms with Gasteiger partial charge in [0, 0.05) is 90.7 Å². The molecule has 0 spiro atoms. The molecule has 145 heavy (non-hydrogen) atoms. The molecule has 7 aliphatic rings. The standard InChI is InChI=1S/C23H24F3N5O.C22H21F3N4O.2C20H19F3N4O.C19H17F3N4O/c24-23(25,26)18-6-2-1-5-17(18)16-9-13-30(14-10-16)22(32)19-15-31-20(27-19)7-8-21(28-31)29-11-3-4-12-29;23-22(24,25)17-4-2-1-3-16(17)14-9-11-28(12-10-14)21(30)19-13-29-20(26-19)8-7-18(27-29)15-5-6-15;2*1-13-6-7-18-24-17(12-27(18)25-13)19(28)26-10-8-14(9-11-26)15-4-2-3-5-16(15)20(21,22)23;20-19(21,22)15-5-2-1-4-14(15)13-7-10-25(11-8-13)18(27)16-12-26-17(24-16)6-3-9-23-26/h1-2,5-8,15-16H,3-4,9-14H2;1-4,7-8,13-15H,5-6,9-12H2;2*2-7,12,14H,8-11H2,1H3;1-6,9,12-13H,7-8,10-11H2. The van der Waals surface area contributed by atoms with Crippen LogP contribution in [0.5, 0.6) is 0 Å². The van der Waals surface area contributed by atoms with Gasteiger partial charge < -0.3 is 29.4 Å². The third-order valence-corrected chi connectivity index (χ3v) is 27.8. The Balaban J connectivity index is 0.000000119. The Kier molecular flexibility index (Phi) is 29.0. The highest BCUT2D eigenvalue weighted by atomic mass is 19.4. The molecule has 7 fully saturated rings. The summed E-state index contributed by atoms with van der Waals surface area (Å²) in [6.45, 7) is 9.67. The van der Waals surface area contributed by atoms with E-state index in [0.29, 0.717) is 220 Å². The highest BCUT2D eigenvalue weighted by Gasteiger charge is 2.44. The van der Waals surface area contributed by atoms with E-state index in [4.69, 9.17) is 0 Å². The number of carbonyl (C=O) groups excluding carboxylic acids is 5. The molecule has 5 aromatic carbocycles. The number of imidazole rings is 5. The van der Waals surface area contributed by atoms with Crippen LogP contribution in [0.4, 0.5) is 71.7 Å². The number of hydrogen-bond acceptors (Lipinski definition) is 16. The molecule has 0 bridgehead atoms. The predicted molar refractivity (Wildman–Crippen MR) is 504 cm³/mol. The van der Waals surface area contributed by atoms with Crippen molar-refractivity contribution in [2.24, 2.45) is 0 Å². The number of halogens is 15. The molecule has 16 heterocycles. The van der Waals surface area contributed by atoms with Crippen LogP contribution < -0.4 is 4.90 Å². The van der Waals surface area contributed by atoms with Crippen molar-refractivity contribution in [2.75, 3.05) is 83.4 Å². The van der Waals surface area contributed by atoms with Crippen LogP contribution >= 0.6 is 0 Å². The number of benzene rings is 5. The van der Waals surface area contributed by atoms with E-state index in [9.17, 15) is 89.8 Å². The van der Waals surface area contributed by atoms with Crippen molar-refractivity contribution in [3.8, 4) is 0 Å². The molecular formula is C104H100F15N21O5. The van der Waals surface area contributed by atoms with Crippen LogP contribution in [-0.4, -0.2) is 206 Å². The number of likely N-dealkylation sites (tertiary alicyclic amines) is 5. The smallest absolute Gasteiger partial charge is 0.355 e. The van der Waals surface area contributed by atoms with E-state index in [0.717, 1.165) is 92.0 Å². The van der Waals surface area contributed by atoms with Gasteiger partial charge in [-0.3, -0.25) is 24.0 Å². The van der Waals surface area contributed by atoms with E-state index in [1.54, 1.807) is 165 Å². The van der Waals surface area contributed by atoms with E-state index in [2.05, 4.69) is 55.3 Å². The summed E-state index contributed by atoms with van der Waals surface area (Å²) in [6.07, 6.45) is -2.70. The van der Waals surface area contributed by atoms with Crippen molar-refractivity contribution in [3.05, 3.63) is 320 Å². The molecule has 41 heteroatoms. The fraction of sp³-hybridized carbons (Fsp3) is 0.375. The van der Waals surface area contributed by atoms with Crippen LogP contribution in [0.25, 0.3) is 28.2 Å². The van der Waals surface area contributed by atoms with Gasteiger partial charge in [0.2, 0.25) is 0 Å². The molecular weight excluding hydrogens is 1910 g/mol.